The molecule has 0 saturated carbocycles. The van der Waals surface area contributed by atoms with Gasteiger partial charge in [-0.2, -0.15) is 5.26 Å². The van der Waals surface area contributed by atoms with Gasteiger partial charge in [-0.3, -0.25) is 0 Å². The quantitative estimate of drug-likeness (QED) is 0.868. The van der Waals surface area contributed by atoms with Gasteiger partial charge in [0.05, 0.1) is 17.7 Å². The maximum Gasteiger partial charge on any atom is 0.129 e. The molecule has 0 bridgehead atoms. The van der Waals surface area contributed by atoms with E-state index in [1.165, 1.54) is 17.2 Å². The lowest BCUT2D eigenvalue weighted by atomic mass is 10.1. The first-order chi connectivity index (χ1) is 10.1. The van der Waals surface area contributed by atoms with Gasteiger partial charge in [0.15, 0.2) is 0 Å². The van der Waals surface area contributed by atoms with E-state index in [1.807, 2.05) is 24.3 Å². The lowest BCUT2D eigenvalue weighted by molar-refractivity contribution is 0.617. The van der Waals surface area contributed by atoms with Gasteiger partial charge in [-0.15, -0.1) is 0 Å². The van der Waals surface area contributed by atoms with Crippen LogP contribution in [0.3, 0.4) is 0 Å². The molecule has 0 saturated heterocycles. The molecule has 2 nitrogen and oxygen atoms in total. The van der Waals surface area contributed by atoms with Crippen molar-refractivity contribution in [1.29, 1.82) is 5.26 Å². The minimum atomic E-state index is -0.356. The van der Waals surface area contributed by atoms with Crippen LogP contribution in [-0.2, 0) is 6.42 Å². The van der Waals surface area contributed by atoms with E-state index in [1.54, 1.807) is 13.0 Å². The molecular weight excluding hydrogens is 287 g/mol. The van der Waals surface area contributed by atoms with Crippen LogP contribution >= 0.6 is 11.6 Å². The number of rotatable bonds is 2. The molecule has 1 N–H and O–H groups in total. The molecule has 4 heteroatoms. The van der Waals surface area contributed by atoms with E-state index in [2.05, 4.69) is 5.32 Å². The number of benzene rings is 2. The minimum Gasteiger partial charge on any atom is -0.378 e. The first-order valence-electron chi connectivity index (χ1n) is 6.83. The summed E-state index contributed by atoms with van der Waals surface area (Å²) in [4.78, 5) is 0. The highest BCUT2D eigenvalue weighted by Gasteiger charge is 2.23. The predicted octanol–water partition coefficient (Wildman–Crippen LogP) is 4.76. The molecule has 1 aliphatic carbocycles. The van der Waals surface area contributed by atoms with E-state index in [-0.39, 0.29) is 11.9 Å². The van der Waals surface area contributed by atoms with Crippen LogP contribution in [0.25, 0.3) is 0 Å². The van der Waals surface area contributed by atoms with Crippen molar-refractivity contribution < 1.29 is 4.39 Å². The summed E-state index contributed by atoms with van der Waals surface area (Å²) >= 11 is 6.01. The zero-order chi connectivity index (χ0) is 15.0. The molecule has 0 spiro atoms. The molecule has 0 aliphatic heterocycles. The molecule has 0 aromatic heterocycles. The van der Waals surface area contributed by atoms with Crippen molar-refractivity contribution in [2.24, 2.45) is 0 Å². The summed E-state index contributed by atoms with van der Waals surface area (Å²) < 4.78 is 13.8. The van der Waals surface area contributed by atoms with Gasteiger partial charge in [0.25, 0.3) is 0 Å². The largest absolute Gasteiger partial charge is 0.378 e. The molecule has 106 valence electrons. The number of hydrogen-bond donors (Lipinski definition) is 1. The molecule has 0 amide bonds. The molecule has 3 rings (SSSR count). The van der Waals surface area contributed by atoms with Crippen molar-refractivity contribution in [3.8, 4) is 6.07 Å². The summed E-state index contributed by atoms with van der Waals surface area (Å²) in [6.45, 7) is 1.72. The van der Waals surface area contributed by atoms with Crippen LogP contribution in [0.2, 0.25) is 5.02 Å². The Labute approximate surface area is 128 Å². The molecule has 21 heavy (non-hydrogen) atoms. The third-order valence-corrected chi connectivity index (χ3v) is 4.22. The fraction of sp³-hybridized carbons (Fsp3) is 0.235. The Kier molecular flexibility index (Phi) is 3.57. The van der Waals surface area contributed by atoms with Crippen molar-refractivity contribution in [2.75, 3.05) is 5.32 Å². The zero-order valence-corrected chi connectivity index (χ0v) is 12.3. The van der Waals surface area contributed by atoms with Gasteiger partial charge in [0.1, 0.15) is 5.82 Å². The Morgan fingerprint density at radius 1 is 1.33 bits per heavy atom. The van der Waals surface area contributed by atoms with Crippen LogP contribution in [-0.4, -0.2) is 0 Å². The molecular formula is C17H14ClFN2. The normalized spacial score (nSPS) is 16.4. The number of nitriles is 1. The SMILES string of the molecule is Cc1c(F)cc(C#N)cc1NC1CCc2cc(Cl)ccc21. The van der Waals surface area contributed by atoms with Gasteiger partial charge in [-0.25, -0.2) is 4.39 Å². The standard InChI is InChI=1S/C17H14ClFN2/c1-10-15(19)6-11(9-20)7-17(10)21-16-5-2-12-8-13(18)3-4-14(12)16/h3-4,6-8,16,21H,2,5H2,1H3. The molecule has 2 aromatic carbocycles. The van der Waals surface area contributed by atoms with Crippen LogP contribution < -0.4 is 5.32 Å². The molecule has 1 aliphatic rings. The molecule has 1 unspecified atom stereocenters. The van der Waals surface area contributed by atoms with Crippen molar-refractivity contribution in [3.05, 3.63) is 63.4 Å². The summed E-state index contributed by atoms with van der Waals surface area (Å²) in [5, 5.41) is 13.1. The van der Waals surface area contributed by atoms with E-state index < -0.39 is 0 Å². The number of hydrogen-bond acceptors (Lipinski definition) is 2. The molecule has 0 radical (unpaired) electrons. The Hall–Kier alpha value is -2.05. The highest BCUT2D eigenvalue weighted by Crippen LogP contribution is 2.36. The number of aryl methyl sites for hydroxylation is 1. The predicted molar refractivity (Wildman–Crippen MR) is 82.0 cm³/mol. The lowest BCUT2D eigenvalue weighted by Crippen LogP contribution is -2.09. The summed E-state index contributed by atoms with van der Waals surface area (Å²) in [5.41, 5.74) is 3.97. The highest BCUT2D eigenvalue weighted by molar-refractivity contribution is 6.30. The van der Waals surface area contributed by atoms with Gasteiger partial charge in [0.2, 0.25) is 0 Å². The summed E-state index contributed by atoms with van der Waals surface area (Å²) in [5.74, 6) is -0.356. The second-order valence-electron chi connectivity index (χ2n) is 5.32. The molecule has 0 heterocycles. The summed E-state index contributed by atoms with van der Waals surface area (Å²) in [7, 11) is 0. The Bertz CT molecular complexity index is 749. The van der Waals surface area contributed by atoms with Crippen LogP contribution in [0.5, 0.6) is 0 Å². The van der Waals surface area contributed by atoms with Gasteiger partial charge >= 0.3 is 0 Å². The van der Waals surface area contributed by atoms with Crippen molar-refractivity contribution in [1.82, 2.24) is 0 Å². The number of anilines is 1. The van der Waals surface area contributed by atoms with E-state index in [0.717, 1.165) is 17.9 Å². The number of nitrogens with one attached hydrogen (secondary N) is 1. The van der Waals surface area contributed by atoms with Gasteiger partial charge in [-0.1, -0.05) is 17.7 Å². The lowest BCUT2D eigenvalue weighted by Gasteiger charge is -2.18. The average molecular weight is 301 g/mol. The third kappa shape index (κ3) is 2.59. The molecule has 2 aromatic rings. The first-order valence-corrected chi connectivity index (χ1v) is 7.21. The fourth-order valence-electron chi connectivity index (χ4n) is 2.82. The Balaban J connectivity index is 1.93. The third-order valence-electron chi connectivity index (χ3n) is 3.99. The van der Waals surface area contributed by atoms with Crippen LogP contribution in [0.4, 0.5) is 10.1 Å². The number of fused-ring (bicyclic) bond motifs is 1. The van der Waals surface area contributed by atoms with Crippen LogP contribution in [0.1, 0.15) is 34.7 Å². The highest BCUT2D eigenvalue weighted by atomic mass is 35.5. The Morgan fingerprint density at radius 2 is 2.14 bits per heavy atom. The average Bonchev–Trinajstić information content (AvgIpc) is 2.85. The topological polar surface area (TPSA) is 35.8 Å². The summed E-state index contributed by atoms with van der Waals surface area (Å²) in [6, 6.07) is 11.0. The smallest absolute Gasteiger partial charge is 0.129 e. The summed E-state index contributed by atoms with van der Waals surface area (Å²) in [6.07, 6.45) is 1.89. The zero-order valence-electron chi connectivity index (χ0n) is 11.6. The second kappa shape index (κ2) is 5.38. The van der Waals surface area contributed by atoms with Crippen LogP contribution in [0, 0.1) is 24.1 Å². The van der Waals surface area contributed by atoms with Gasteiger partial charge < -0.3 is 5.32 Å². The number of halogens is 2. The van der Waals surface area contributed by atoms with Crippen LogP contribution in [0.15, 0.2) is 30.3 Å². The van der Waals surface area contributed by atoms with E-state index in [9.17, 15) is 4.39 Å². The Morgan fingerprint density at radius 3 is 2.90 bits per heavy atom. The first kappa shape index (κ1) is 13.9. The van der Waals surface area contributed by atoms with Crippen molar-refractivity contribution in [2.45, 2.75) is 25.8 Å². The maximum absolute atomic E-state index is 13.8. The van der Waals surface area contributed by atoms with E-state index in [0.29, 0.717) is 16.8 Å². The maximum atomic E-state index is 13.8. The van der Waals surface area contributed by atoms with E-state index >= 15 is 0 Å². The minimum absolute atomic E-state index is 0.129. The molecule has 0 fully saturated rings. The second-order valence-corrected chi connectivity index (χ2v) is 5.76. The molecule has 1 atom stereocenters. The number of nitrogens with zero attached hydrogens (tertiary/aromatic N) is 1. The van der Waals surface area contributed by atoms with E-state index in [4.69, 9.17) is 16.9 Å². The monoisotopic (exact) mass is 300 g/mol. The van der Waals surface area contributed by atoms with Crippen molar-refractivity contribution in [3.63, 3.8) is 0 Å². The van der Waals surface area contributed by atoms with Gasteiger partial charge in [-0.05, 0) is 55.2 Å². The van der Waals surface area contributed by atoms with Gasteiger partial charge in [0, 0.05) is 16.3 Å². The van der Waals surface area contributed by atoms with Crippen molar-refractivity contribution >= 4 is 17.3 Å². The fourth-order valence-corrected chi connectivity index (χ4v) is 3.01.